The molecule has 10 heteroatoms. The first-order valence-corrected chi connectivity index (χ1v) is 10.3. The Morgan fingerprint density at radius 2 is 1.77 bits per heavy atom. The molecule has 0 bridgehead atoms. The molecule has 1 saturated heterocycles. The quantitative estimate of drug-likeness (QED) is 0.548. The minimum Gasteiger partial charge on any atom is -0.322 e. The fraction of sp³-hybridized carbons (Fsp3) is 0.150. The highest BCUT2D eigenvalue weighted by molar-refractivity contribution is 7.89. The maximum Gasteiger partial charge on any atom is 0.257 e. The minimum absolute atomic E-state index is 0.00189. The van der Waals surface area contributed by atoms with Gasteiger partial charge in [0.05, 0.1) is 17.0 Å². The second-order valence-corrected chi connectivity index (χ2v) is 8.14. The smallest absolute Gasteiger partial charge is 0.257 e. The van der Waals surface area contributed by atoms with Crippen LogP contribution in [-0.4, -0.2) is 43.6 Å². The fourth-order valence-electron chi connectivity index (χ4n) is 3.16. The molecular weight excluding hydrogens is 413 g/mol. The third-order valence-electron chi connectivity index (χ3n) is 4.60. The normalized spacial score (nSPS) is 16.6. The summed E-state index contributed by atoms with van der Waals surface area (Å²) in [7, 11) is -3.93. The van der Waals surface area contributed by atoms with E-state index in [-0.39, 0.29) is 29.1 Å². The molecular formula is C20H18FN3O5S. The lowest BCUT2D eigenvalue weighted by molar-refractivity contribution is -0.122. The van der Waals surface area contributed by atoms with Crippen LogP contribution in [0.1, 0.15) is 16.8 Å². The maximum absolute atomic E-state index is 13.2. The molecule has 0 saturated carbocycles. The molecule has 30 heavy (non-hydrogen) atoms. The van der Waals surface area contributed by atoms with Gasteiger partial charge in [0, 0.05) is 12.1 Å². The number of hydrogen-bond acceptors (Lipinski definition) is 5. The number of anilines is 1. The minimum atomic E-state index is -3.93. The molecule has 1 fully saturated rings. The number of nitrogens with two attached hydrogens (primary N) is 1. The van der Waals surface area contributed by atoms with Gasteiger partial charge in [-0.15, -0.1) is 6.58 Å². The number of amides is 3. The van der Waals surface area contributed by atoms with Crippen molar-refractivity contribution in [2.24, 2.45) is 5.14 Å². The molecule has 1 heterocycles. The summed E-state index contributed by atoms with van der Waals surface area (Å²) in [4.78, 5) is 40.3. The van der Waals surface area contributed by atoms with Crippen LogP contribution < -0.4 is 10.0 Å². The SMILES string of the molecule is C=CCN(C(=O)c1ccc(F)cc1)C1CC(=O)N(c2ccc(S(N)(=O)=O)cc2)C1=O. The first-order chi connectivity index (χ1) is 14.1. The molecule has 8 nitrogen and oxygen atoms in total. The van der Waals surface area contributed by atoms with Crippen LogP contribution in [0.5, 0.6) is 0 Å². The zero-order chi connectivity index (χ0) is 22.1. The molecule has 0 aliphatic carbocycles. The van der Waals surface area contributed by atoms with Gasteiger partial charge < -0.3 is 4.90 Å². The van der Waals surface area contributed by atoms with Crippen LogP contribution in [0.3, 0.4) is 0 Å². The molecule has 3 amide bonds. The lowest BCUT2D eigenvalue weighted by atomic mass is 10.1. The topological polar surface area (TPSA) is 118 Å². The van der Waals surface area contributed by atoms with Crippen molar-refractivity contribution in [2.75, 3.05) is 11.4 Å². The van der Waals surface area contributed by atoms with Crippen LogP contribution in [0.4, 0.5) is 10.1 Å². The number of sulfonamides is 1. The van der Waals surface area contributed by atoms with E-state index in [4.69, 9.17) is 5.14 Å². The number of hydrogen-bond donors (Lipinski definition) is 1. The number of imide groups is 1. The van der Waals surface area contributed by atoms with Crippen LogP contribution in [0, 0.1) is 5.82 Å². The molecule has 3 rings (SSSR count). The van der Waals surface area contributed by atoms with Gasteiger partial charge >= 0.3 is 0 Å². The van der Waals surface area contributed by atoms with Crippen molar-refractivity contribution in [3.63, 3.8) is 0 Å². The van der Waals surface area contributed by atoms with Gasteiger partial charge in [0.15, 0.2) is 0 Å². The Kier molecular flexibility index (Phi) is 5.81. The number of rotatable bonds is 6. The van der Waals surface area contributed by atoms with Gasteiger partial charge in [-0.05, 0) is 48.5 Å². The summed E-state index contributed by atoms with van der Waals surface area (Å²) in [6.07, 6.45) is 1.17. The molecule has 156 valence electrons. The van der Waals surface area contributed by atoms with Crippen molar-refractivity contribution in [2.45, 2.75) is 17.4 Å². The van der Waals surface area contributed by atoms with E-state index < -0.39 is 39.6 Å². The zero-order valence-electron chi connectivity index (χ0n) is 15.7. The molecule has 0 radical (unpaired) electrons. The van der Waals surface area contributed by atoms with Gasteiger partial charge in [-0.2, -0.15) is 0 Å². The number of carbonyl (C=O) groups is 3. The van der Waals surface area contributed by atoms with E-state index in [9.17, 15) is 27.2 Å². The average molecular weight is 431 g/mol. The van der Waals surface area contributed by atoms with Gasteiger partial charge in [-0.25, -0.2) is 22.8 Å². The summed E-state index contributed by atoms with van der Waals surface area (Å²) in [5, 5.41) is 5.06. The molecule has 1 aliphatic rings. The molecule has 0 spiro atoms. The molecule has 1 unspecified atom stereocenters. The molecule has 1 aliphatic heterocycles. The highest BCUT2D eigenvalue weighted by Crippen LogP contribution is 2.27. The molecule has 2 aromatic rings. The van der Waals surface area contributed by atoms with E-state index in [0.717, 1.165) is 17.0 Å². The Labute approximate surface area is 172 Å². The van der Waals surface area contributed by atoms with Crippen LogP contribution in [-0.2, 0) is 19.6 Å². The zero-order valence-corrected chi connectivity index (χ0v) is 16.5. The van der Waals surface area contributed by atoms with Gasteiger partial charge in [0.2, 0.25) is 15.9 Å². The summed E-state index contributed by atoms with van der Waals surface area (Å²) in [6, 6.07) is 8.70. The molecule has 0 aromatic heterocycles. The van der Waals surface area contributed by atoms with Crippen molar-refractivity contribution in [3.05, 3.63) is 72.6 Å². The monoisotopic (exact) mass is 431 g/mol. The Morgan fingerprint density at radius 3 is 2.30 bits per heavy atom. The Hall–Kier alpha value is -3.37. The van der Waals surface area contributed by atoms with E-state index in [1.54, 1.807) is 0 Å². The predicted molar refractivity (Wildman–Crippen MR) is 106 cm³/mol. The van der Waals surface area contributed by atoms with Crippen molar-refractivity contribution < 1.29 is 27.2 Å². The van der Waals surface area contributed by atoms with Crippen LogP contribution in [0.25, 0.3) is 0 Å². The molecule has 2 N–H and O–H groups in total. The molecule has 2 aromatic carbocycles. The number of nitrogens with zero attached hydrogens (tertiary/aromatic N) is 2. The predicted octanol–water partition coefficient (Wildman–Crippen LogP) is 1.43. The van der Waals surface area contributed by atoms with Crippen LogP contribution in [0.15, 0.2) is 66.1 Å². The van der Waals surface area contributed by atoms with E-state index in [2.05, 4.69) is 6.58 Å². The standard InChI is InChI=1S/C20H18FN3O5S/c1-2-11-23(19(26)13-3-5-14(21)6-4-13)17-12-18(25)24(20(17)27)15-7-9-16(10-8-15)30(22,28)29/h2-10,17H,1,11-12H2,(H2,22,28,29). The average Bonchev–Trinajstić information content (AvgIpc) is 2.99. The summed E-state index contributed by atoms with van der Waals surface area (Å²) in [5.41, 5.74) is 0.321. The van der Waals surface area contributed by atoms with Crippen molar-refractivity contribution in [3.8, 4) is 0 Å². The fourth-order valence-corrected chi connectivity index (χ4v) is 3.68. The number of carbonyl (C=O) groups excluding carboxylic acids is 3. The van der Waals surface area contributed by atoms with Gasteiger partial charge in [0.1, 0.15) is 11.9 Å². The van der Waals surface area contributed by atoms with Crippen molar-refractivity contribution in [1.82, 2.24) is 4.90 Å². The summed E-state index contributed by atoms with van der Waals surface area (Å²) < 4.78 is 35.9. The number of benzene rings is 2. The first kappa shape index (κ1) is 21.3. The van der Waals surface area contributed by atoms with Gasteiger partial charge in [-0.3, -0.25) is 14.4 Å². The second kappa shape index (κ2) is 8.17. The molecule has 1 atom stereocenters. The highest BCUT2D eigenvalue weighted by atomic mass is 32.2. The first-order valence-electron chi connectivity index (χ1n) is 8.80. The highest BCUT2D eigenvalue weighted by Gasteiger charge is 2.44. The van der Waals surface area contributed by atoms with E-state index in [0.29, 0.717) is 0 Å². The van der Waals surface area contributed by atoms with E-state index >= 15 is 0 Å². The van der Waals surface area contributed by atoms with Gasteiger partial charge in [0.25, 0.3) is 11.8 Å². The maximum atomic E-state index is 13.2. The van der Waals surface area contributed by atoms with Crippen LogP contribution in [0.2, 0.25) is 0 Å². The second-order valence-electron chi connectivity index (χ2n) is 6.58. The largest absolute Gasteiger partial charge is 0.322 e. The van der Waals surface area contributed by atoms with Crippen molar-refractivity contribution in [1.29, 1.82) is 0 Å². The number of halogens is 1. The van der Waals surface area contributed by atoms with E-state index in [1.165, 1.54) is 47.4 Å². The third kappa shape index (κ3) is 4.14. The van der Waals surface area contributed by atoms with E-state index in [1.807, 2.05) is 0 Å². The van der Waals surface area contributed by atoms with Crippen molar-refractivity contribution >= 4 is 33.4 Å². The Bertz CT molecular complexity index is 1110. The summed E-state index contributed by atoms with van der Waals surface area (Å²) in [5.74, 6) is -2.24. The summed E-state index contributed by atoms with van der Waals surface area (Å²) in [6.45, 7) is 3.58. The third-order valence-corrected chi connectivity index (χ3v) is 5.53. The Balaban J connectivity index is 1.89. The lowest BCUT2D eigenvalue weighted by Gasteiger charge is -2.26. The van der Waals surface area contributed by atoms with Gasteiger partial charge in [-0.1, -0.05) is 6.08 Å². The summed E-state index contributed by atoms with van der Waals surface area (Å²) >= 11 is 0. The Morgan fingerprint density at radius 1 is 1.17 bits per heavy atom. The lowest BCUT2D eigenvalue weighted by Crippen LogP contribution is -2.45. The van der Waals surface area contributed by atoms with Crippen LogP contribution >= 0.6 is 0 Å². The number of primary sulfonamides is 1.